The summed E-state index contributed by atoms with van der Waals surface area (Å²) in [6.45, 7) is 1.72. The molecule has 0 atom stereocenters. The van der Waals surface area contributed by atoms with Gasteiger partial charge in [-0.2, -0.15) is 0 Å². The number of rotatable bonds is 4. The summed E-state index contributed by atoms with van der Waals surface area (Å²) in [5, 5.41) is 0. The first-order chi connectivity index (χ1) is 8.45. The number of hydrogen-bond acceptors (Lipinski definition) is 5. The number of methoxy groups -OCH3 is 1. The van der Waals surface area contributed by atoms with Crippen LogP contribution in [0.4, 0.5) is 5.69 Å². The number of hydrogen-bond donors (Lipinski definition) is 1. The van der Waals surface area contributed by atoms with Gasteiger partial charge in [0.1, 0.15) is 6.61 Å². The minimum Gasteiger partial charge on any atom is -0.469 e. The second-order valence-electron chi connectivity index (χ2n) is 3.63. The van der Waals surface area contributed by atoms with Crippen molar-refractivity contribution >= 4 is 33.6 Å². The molecule has 0 aliphatic heterocycles. The molecule has 0 radical (unpaired) electrons. The van der Waals surface area contributed by atoms with Crippen LogP contribution in [0.15, 0.2) is 16.6 Å². The molecule has 0 amide bonds. The van der Waals surface area contributed by atoms with Crippen LogP contribution in [0, 0.1) is 6.92 Å². The number of anilines is 1. The van der Waals surface area contributed by atoms with Gasteiger partial charge < -0.3 is 15.2 Å². The highest BCUT2D eigenvalue weighted by Gasteiger charge is 2.14. The molecule has 1 rings (SSSR count). The number of nitrogens with two attached hydrogens (primary N) is 1. The maximum atomic E-state index is 11.8. The molecule has 5 nitrogen and oxygen atoms in total. The Bertz CT molecular complexity index is 473. The van der Waals surface area contributed by atoms with Gasteiger partial charge in [0.25, 0.3) is 0 Å². The van der Waals surface area contributed by atoms with E-state index < -0.39 is 11.9 Å². The van der Waals surface area contributed by atoms with Crippen LogP contribution in [0.3, 0.4) is 0 Å². The van der Waals surface area contributed by atoms with Gasteiger partial charge in [-0.15, -0.1) is 0 Å². The van der Waals surface area contributed by atoms with E-state index in [9.17, 15) is 9.59 Å². The number of ether oxygens (including phenoxy) is 2. The number of nitrogen functional groups attached to an aromatic ring is 1. The molecule has 6 heteroatoms. The molecule has 0 heterocycles. The highest BCUT2D eigenvalue weighted by Crippen LogP contribution is 2.23. The minimum absolute atomic E-state index is 0.0165. The van der Waals surface area contributed by atoms with Crippen molar-refractivity contribution in [3.8, 4) is 0 Å². The Morgan fingerprint density at radius 1 is 1.39 bits per heavy atom. The number of carbonyl (C=O) groups excluding carboxylic acids is 2. The predicted octanol–water partition coefficient (Wildman–Crippen LogP) is 2.06. The van der Waals surface area contributed by atoms with E-state index in [2.05, 4.69) is 20.7 Å². The zero-order valence-electron chi connectivity index (χ0n) is 10.2. The average Bonchev–Trinajstić information content (AvgIpc) is 2.33. The first-order valence-corrected chi connectivity index (χ1v) is 6.04. The van der Waals surface area contributed by atoms with E-state index in [0.717, 1.165) is 0 Å². The lowest BCUT2D eigenvalue weighted by molar-refractivity contribution is -0.141. The Morgan fingerprint density at radius 3 is 2.67 bits per heavy atom. The fourth-order valence-corrected chi connectivity index (χ4v) is 1.79. The van der Waals surface area contributed by atoms with Crippen LogP contribution in [0.2, 0.25) is 0 Å². The van der Waals surface area contributed by atoms with Gasteiger partial charge in [-0.05, 0) is 24.6 Å². The molecule has 0 aliphatic carbocycles. The summed E-state index contributed by atoms with van der Waals surface area (Å²) in [6.07, 6.45) is 0.0325. The van der Waals surface area contributed by atoms with Crippen LogP contribution in [-0.4, -0.2) is 25.7 Å². The van der Waals surface area contributed by atoms with E-state index in [1.807, 2.05) is 0 Å². The van der Waals surface area contributed by atoms with Crippen molar-refractivity contribution < 1.29 is 19.1 Å². The van der Waals surface area contributed by atoms with Gasteiger partial charge in [-0.25, -0.2) is 4.79 Å². The molecule has 1 aromatic rings. The molecular formula is C12H14BrNO4. The van der Waals surface area contributed by atoms with Crippen LogP contribution >= 0.6 is 15.9 Å². The van der Waals surface area contributed by atoms with Crippen LogP contribution < -0.4 is 5.73 Å². The molecule has 0 saturated carbocycles. The van der Waals surface area contributed by atoms with Gasteiger partial charge in [-0.1, -0.05) is 15.9 Å². The lowest BCUT2D eigenvalue weighted by atomic mass is 10.1. The summed E-state index contributed by atoms with van der Waals surface area (Å²) in [4.78, 5) is 22.7. The van der Waals surface area contributed by atoms with Crippen LogP contribution in [-0.2, 0) is 14.3 Å². The van der Waals surface area contributed by atoms with Crippen molar-refractivity contribution in [2.75, 3.05) is 19.5 Å². The molecule has 0 aliphatic rings. The molecule has 1 aromatic carbocycles. The van der Waals surface area contributed by atoms with Gasteiger partial charge in [0, 0.05) is 10.2 Å². The molecule has 2 N–H and O–H groups in total. The van der Waals surface area contributed by atoms with Gasteiger partial charge >= 0.3 is 11.9 Å². The summed E-state index contributed by atoms with van der Waals surface area (Å²) in [5.41, 5.74) is 7.28. The molecule has 98 valence electrons. The van der Waals surface area contributed by atoms with Crippen molar-refractivity contribution in [2.45, 2.75) is 13.3 Å². The Kier molecular flexibility index (Phi) is 5.15. The smallest absolute Gasteiger partial charge is 0.338 e. The summed E-state index contributed by atoms with van der Waals surface area (Å²) < 4.78 is 10.1. The third kappa shape index (κ3) is 3.73. The van der Waals surface area contributed by atoms with Crippen LogP contribution in [0.25, 0.3) is 0 Å². The van der Waals surface area contributed by atoms with Gasteiger partial charge in [0.15, 0.2) is 0 Å². The predicted molar refractivity (Wildman–Crippen MR) is 70.2 cm³/mol. The molecule has 0 fully saturated rings. The van der Waals surface area contributed by atoms with E-state index >= 15 is 0 Å². The SMILES string of the molecule is COC(=O)CCOC(=O)c1cc(Br)cc(N)c1C. The van der Waals surface area contributed by atoms with E-state index in [1.54, 1.807) is 19.1 Å². The van der Waals surface area contributed by atoms with Crippen molar-refractivity contribution in [3.05, 3.63) is 27.7 Å². The second kappa shape index (κ2) is 6.39. The summed E-state index contributed by atoms with van der Waals surface area (Å²) >= 11 is 3.26. The molecule has 18 heavy (non-hydrogen) atoms. The molecule has 0 spiro atoms. The normalized spacial score (nSPS) is 9.94. The number of benzene rings is 1. The highest BCUT2D eigenvalue weighted by atomic mass is 79.9. The monoisotopic (exact) mass is 315 g/mol. The third-order valence-corrected chi connectivity index (χ3v) is 2.86. The van der Waals surface area contributed by atoms with E-state index in [0.29, 0.717) is 21.3 Å². The standard InChI is InChI=1S/C12H14BrNO4/c1-7-9(5-8(13)6-10(7)14)12(16)18-4-3-11(15)17-2/h5-6H,3-4,14H2,1-2H3. The molecule has 0 unspecified atom stereocenters. The lowest BCUT2D eigenvalue weighted by Crippen LogP contribution is -2.12. The van der Waals surface area contributed by atoms with Gasteiger partial charge in [-0.3, -0.25) is 4.79 Å². The van der Waals surface area contributed by atoms with Crippen LogP contribution in [0.1, 0.15) is 22.3 Å². The van der Waals surface area contributed by atoms with Crippen molar-refractivity contribution in [2.24, 2.45) is 0 Å². The second-order valence-corrected chi connectivity index (χ2v) is 4.55. The topological polar surface area (TPSA) is 78.6 Å². The highest BCUT2D eigenvalue weighted by molar-refractivity contribution is 9.10. The van der Waals surface area contributed by atoms with Crippen molar-refractivity contribution in [3.63, 3.8) is 0 Å². The fraction of sp³-hybridized carbons (Fsp3) is 0.333. The maximum absolute atomic E-state index is 11.8. The quantitative estimate of drug-likeness (QED) is 0.679. The summed E-state index contributed by atoms with van der Waals surface area (Å²) in [5.74, 6) is -0.933. The molecule has 0 aromatic heterocycles. The number of halogens is 1. The molecular weight excluding hydrogens is 302 g/mol. The van der Waals surface area contributed by atoms with Crippen LogP contribution in [0.5, 0.6) is 0 Å². The van der Waals surface area contributed by atoms with E-state index in [1.165, 1.54) is 7.11 Å². The largest absolute Gasteiger partial charge is 0.469 e. The zero-order chi connectivity index (χ0) is 13.7. The number of esters is 2. The first kappa shape index (κ1) is 14.5. The Labute approximate surface area is 113 Å². The fourth-order valence-electron chi connectivity index (χ4n) is 1.32. The Hall–Kier alpha value is -1.56. The van der Waals surface area contributed by atoms with Gasteiger partial charge in [0.2, 0.25) is 0 Å². The number of carbonyl (C=O) groups is 2. The lowest BCUT2D eigenvalue weighted by Gasteiger charge is -2.09. The van der Waals surface area contributed by atoms with Crippen molar-refractivity contribution in [1.82, 2.24) is 0 Å². The maximum Gasteiger partial charge on any atom is 0.338 e. The third-order valence-electron chi connectivity index (χ3n) is 2.40. The Morgan fingerprint density at radius 2 is 2.06 bits per heavy atom. The van der Waals surface area contributed by atoms with Crippen molar-refractivity contribution in [1.29, 1.82) is 0 Å². The zero-order valence-corrected chi connectivity index (χ0v) is 11.7. The summed E-state index contributed by atoms with van der Waals surface area (Å²) in [7, 11) is 1.28. The Balaban J connectivity index is 2.70. The van der Waals surface area contributed by atoms with Gasteiger partial charge in [0.05, 0.1) is 19.1 Å². The first-order valence-electron chi connectivity index (χ1n) is 5.25. The average molecular weight is 316 g/mol. The summed E-state index contributed by atoms with van der Waals surface area (Å²) in [6, 6.07) is 3.34. The molecule has 0 saturated heterocycles. The molecule has 0 bridgehead atoms. The van der Waals surface area contributed by atoms with E-state index in [-0.39, 0.29) is 13.0 Å². The van der Waals surface area contributed by atoms with E-state index in [4.69, 9.17) is 10.5 Å². The minimum atomic E-state index is -0.510.